The Labute approximate surface area is 128 Å². The van der Waals surface area contributed by atoms with E-state index in [9.17, 15) is 9.59 Å². The summed E-state index contributed by atoms with van der Waals surface area (Å²) in [6.45, 7) is 2.34. The Morgan fingerprint density at radius 1 is 1.43 bits per heavy atom. The van der Waals surface area contributed by atoms with E-state index < -0.39 is 5.91 Å². The summed E-state index contributed by atoms with van der Waals surface area (Å²) in [5.74, 6) is -0.429. The molecule has 6 nitrogen and oxygen atoms in total. The highest BCUT2D eigenvalue weighted by Gasteiger charge is 2.14. The van der Waals surface area contributed by atoms with E-state index in [4.69, 9.17) is 0 Å². The van der Waals surface area contributed by atoms with E-state index in [-0.39, 0.29) is 11.1 Å². The van der Waals surface area contributed by atoms with Gasteiger partial charge in [-0.05, 0) is 6.42 Å². The van der Waals surface area contributed by atoms with Gasteiger partial charge < -0.3 is 5.32 Å². The predicted octanol–water partition coefficient (Wildman–Crippen LogP) is 1.70. The molecule has 0 saturated carbocycles. The Balaban J connectivity index is 1.77. The van der Waals surface area contributed by atoms with Crippen molar-refractivity contribution in [1.82, 2.24) is 19.7 Å². The van der Waals surface area contributed by atoms with Crippen LogP contribution in [0, 0.1) is 0 Å². The number of amides is 1. The molecule has 0 radical (unpaired) electrons. The van der Waals surface area contributed by atoms with Gasteiger partial charge in [-0.2, -0.15) is 0 Å². The smallest absolute Gasteiger partial charge is 0.271 e. The van der Waals surface area contributed by atoms with Gasteiger partial charge in [0, 0.05) is 23.2 Å². The second-order valence-electron chi connectivity index (χ2n) is 4.30. The van der Waals surface area contributed by atoms with E-state index >= 15 is 0 Å². The lowest BCUT2D eigenvalue weighted by Gasteiger charge is -2.02. The molecule has 0 aliphatic rings. The molecular formula is C13H12N4O2S2. The Morgan fingerprint density at radius 2 is 2.29 bits per heavy atom. The van der Waals surface area contributed by atoms with E-state index in [1.807, 2.05) is 12.3 Å². The van der Waals surface area contributed by atoms with Crippen molar-refractivity contribution in [2.24, 2.45) is 0 Å². The topological polar surface area (TPSA) is 76.4 Å². The lowest BCUT2D eigenvalue weighted by Crippen LogP contribution is -2.30. The van der Waals surface area contributed by atoms with Crippen LogP contribution in [0.5, 0.6) is 0 Å². The summed E-state index contributed by atoms with van der Waals surface area (Å²) in [6, 6.07) is 0. The summed E-state index contributed by atoms with van der Waals surface area (Å²) in [6.07, 6.45) is 3.80. The van der Waals surface area contributed by atoms with E-state index in [0.29, 0.717) is 11.5 Å². The van der Waals surface area contributed by atoms with Crippen LogP contribution in [-0.2, 0) is 13.0 Å². The molecule has 0 aromatic carbocycles. The fourth-order valence-electron chi connectivity index (χ4n) is 1.82. The molecule has 0 aliphatic carbocycles. The van der Waals surface area contributed by atoms with Crippen molar-refractivity contribution in [3.8, 4) is 0 Å². The average molecular weight is 320 g/mol. The molecular weight excluding hydrogens is 308 g/mol. The summed E-state index contributed by atoms with van der Waals surface area (Å²) in [4.78, 5) is 33.3. The molecule has 0 spiro atoms. The minimum absolute atomic E-state index is 0.0400. The summed E-state index contributed by atoms with van der Waals surface area (Å²) in [5, 5.41) is 7.26. The van der Waals surface area contributed by atoms with Crippen molar-refractivity contribution >= 4 is 33.5 Å². The number of hydrogen-bond donors (Lipinski definition) is 1. The number of thiazole rings is 2. The molecule has 0 aliphatic heterocycles. The number of hydrogen-bond acceptors (Lipinski definition) is 6. The number of aryl methyl sites for hydroxylation is 1. The van der Waals surface area contributed by atoms with Crippen LogP contribution in [0.2, 0.25) is 0 Å². The summed E-state index contributed by atoms with van der Waals surface area (Å²) in [7, 11) is 0. The normalized spacial score (nSPS) is 10.9. The monoisotopic (exact) mass is 320 g/mol. The number of rotatable bonds is 4. The van der Waals surface area contributed by atoms with Crippen LogP contribution in [0.1, 0.15) is 28.0 Å². The van der Waals surface area contributed by atoms with Gasteiger partial charge in [-0.1, -0.05) is 6.92 Å². The van der Waals surface area contributed by atoms with Gasteiger partial charge in [0.25, 0.3) is 11.5 Å². The van der Waals surface area contributed by atoms with Gasteiger partial charge in [0.15, 0.2) is 4.96 Å². The molecule has 1 N–H and O–H groups in total. The lowest BCUT2D eigenvalue weighted by molar-refractivity contribution is 0.0949. The van der Waals surface area contributed by atoms with Gasteiger partial charge in [-0.25, -0.2) is 9.97 Å². The first-order chi connectivity index (χ1) is 10.2. The molecule has 3 heterocycles. The Bertz CT molecular complexity index is 849. The minimum Gasteiger partial charge on any atom is -0.345 e. The van der Waals surface area contributed by atoms with Crippen LogP contribution in [0.15, 0.2) is 27.9 Å². The van der Waals surface area contributed by atoms with Crippen LogP contribution < -0.4 is 10.9 Å². The van der Waals surface area contributed by atoms with Crippen LogP contribution in [0.3, 0.4) is 0 Å². The second kappa shape index (κ2) is 5.74. The molecule has 0 bridgehead atoms. The maximum atomic E-state index is 12.1. The molecule has 3 aromatic heterocycles. The molecule has 0 fully saturated rings. The fourth-order valence-corrected chi connectivity index (χ4v) is 3.32. The number of fused-ring (bicyclic) bond motifs is 1. The number of carbonyl (C=O) groups excluding carboxylic acids is 1. The first-order valence-electron chi connectivity index (χ1n) is 6.35. The van der Waals surface area contributed by atoms with Crippen molar-refractivity contribution in [1.29, 1.82) is 0 Å². The highest BCUT2D eigenvalue weighted by molar-refractivity contribution is 7.15. The van der Waals surface area contributed by atoms with Crippen LogP contribution in [0.25, 0.3) is 4.96 Å². The van der Waals surface area contributed by atoms with Crippen LogP contribution in [0.4, 0.5) is 0 Å². The number of aromatic nitrogens is 3. The first-order valence-corrected chi connectivity index (χ1v) is 8.11. The van der Waals surface area contributed by atoms with E-state index in [0.717, 1.165) is 17.1 Å². The number of nitrogens with one attached hydrogen (secondary N) is 1. The zero-order chi connectivity index (χ0) is 14.8. The lowest BCUT2D eigenvalue weighted by atomic mass is 10.3. The molecule has 0 unspecified atom stereocenters. The molecule has 0 atom stereocenters. The average Bonchev–Trinajstić information content (AvgIpc) is 3.14. The minimum atomic E-state index is -0.429. The second-order valence-corrected chi connectivity index (χ2v) is 6.12. The van der Waals surface area contributed by atoms with Crippen molar-refractivity contribution in [3.05, 3.63) is 49.8 Å². The van der Waals surface area contributed by atoms with E-state index in [1.165, 1.54) is 33.3 Å². The molecule has 3 rings (SSSR count). The van der Waals surface area contributed by atoms with E-state index in [2.05, 4.69) is 15.3 Å². The first kappa shape index (κ1) is 13.9. The van der Waals surface area contributed by atoms with Gasteiger partial charge in [0.05, 0.1) is 12.2 Å². The highest BCUT2D eigenvalue weighted by Crippen LogP contribution is 2.10. The molecule has 8 heteroatoms. The van der Waals surface area contributed by atoms with Crippen LogP contribution >= 0.6 is 22.7 Å². The number of nitrogens with zero attached hydrogens (tertiary/aromatic N) is 3. The van der Waals surface area contributed by atoms with Gasteiger partial charge in [0.2, 0.25) is 0 Å². The largest absolute Gasteiger partial charge is 0.345 e. The standard InChI is InChI=1S/C13H12N4O2S2/c1-2-8-7-21-10(16-8)6-14-11(18)9-5-15-13-17(12(9)19)3-4-20-13/h3-5,7H,2,6H2,1H3,(H,14,18). The van der Waals surface area contributed by atoms with Gasteiger partial charge in [0.1, 0.15) is 10.6 Å². The molecule has 3 aromatic rings. The quantitative estimate of drug-likeness (QED) is 0.794. The predicted molar refractivity (Wildman–Crippen MR) is 82.0 cm³/mol. The van der Waals surface area contributed by atoms with E-state index in [1.54, 1.807) is 11.6 Å². The Hall–Kier alpha value is -2.06. The van der Waals surface area contributed by atoms with Gasteiger partial charge in [-0.3, -0.25) is 14.0 Å². The Morgan fingerprint density at radius 3 is 3.05 bits per heavy atom. The fraction of sp³-hybridized carbons (Fsp3) is 0.231. The zero-order valence-electron chi connectivity index (χ0n) is 11.2. The third-order valence-electron chi connectivity index (χ3n) is 2.95. The van der Waals surface area contributed by atoms with Crippen LogP contribution in [-0.4, -0.2) is 20.3 Å². The van der Waals surface area contributed by atoms with Crippen molar-refractivity contribution in [2.45, 2.75) is 19.9 Å². The van der Waals surface area contributed by atoms with Gasteiger partial charge in [-0.15, -0.1) is 22.7 Å². The summed E-state index contributed by atoms with van der Waals surface area (Å²) < 4.78 is 1.37. The summed E-state index contributed by atoms with van der Waals surface area (Å²) >= 11 is 2.85. The third kappa shape index (κ3) is 2.72. The third-order valence-corrected chi connectivity index (χ3v) is 4.62. The SMILES string of the molecule is CCc1csc(CNC(=O)c2cnc3sccn3c2=O)n1. The summed E-state index contributed by atoms with van der Waals surface area (Å²) in [5.41, 5.74) is 0.691. The van der Waals surface area contributed by atoms with Crippen molar-refractivity contribution in [3.63, 3.8) is 0 Å². The van der Waals surface area contributed by atoms with Crippen molar-refractivity contribution < 1.29 is 4.79 Å². The maximum absolute atomic E-state index is 12.1. The molecule has 108 valence electrons. The molecule has 1 amide bonds. The maximum Gasteiger partial charge on any atom is 0.271 e. The van der Waals surface area contributed by atoms with Crippen molar-refractivity contribution in [2.75, 3.05) is 0 Å². The van der Waals surface area contributed by atoms with Gasteiger partial charge >= 0.3 is 0 Å². The zero-order valence-corrected chi connectivity index (χ0v) is 12.8. The molecule has 21 heavy (non-hydrogen) atoms. The highest BCUT2D eigenvalue weighted by atomic mass is 32.1. The Kier molecular flexibility index (Phi) is 3.80. The molecule has 0 saturated heterocycles. The number of carbonyl (C=O) groups is 1.